The molecule has 1 saturated heterocycles. The Morgan fingerprint density at radius 1 is 1.35 bits per heavy atom. The van der Waals surface area contributed by atoms with Crippen LogP contribution >= 0.6 is 11.3 Å². The summed E-state index contributed by atoms with van der Waals surface area (Å²) in [6, 6.07) is 4.58. The van der Waals surface area contributed by atoms with Crippen LogP contribution in [0.2, 0.25) is 0 Å². The largest absolute Gasteiger partial charge is 0.481 e. The van der Waals surface area contributed by atoms with Crippen molar-refractivity contribution in [2.75, 3.05) is 13.1 Å². The van der Waals surface area contributed by atoms with Crippen molar-refractivity contribution in [3.8, 4) is 0 Å². The SMILES string of the molecule is CC(C)(C)OC(=O)N1CC[C@H](c2csc3ccc(F)cc23)[C@@H](C(=O)O)C1. The van der Waals surface area contributed by atoms with Gasteiger partial charge in [-0.3, -0.25) is 4.79 Å². The third-order valence-electron chi connectivity index (χ3n) is 4.55. The number of rotatable bonds is 2. The Bertz CT molecular complexity index is 842. The molecule has 1 fully saturated rings. The van der Waals surface area contributed by atoms with E-state index in [0.717, 1.165) is 15.6 Å². The van der Waals surface area contributed by atoms with E-state index < -0.39 is 23.6 Å². The van der Waals surface area contributed by atoms with Gasteiger partial charge in [0.05, 0.1) is 5.92 Å². The topological polar surface area (TPSA) is 66.8 Å². The molecule has 0 radical (unpaired) electrons. The van der Waals surface area contributed by atoms with Crippen LogP contribution in [-0.4, -0.2) is 40.8 Å². The van der Waals surface area contributed by atoms with Crippen molar-refractivity contribution >= 4 is 33.5 Å². The molecule has 1 N–H and O–H groups in total. The van der Waals surface area contributed by atoms with E-state index >= 15 is 0 Å². The molecule has 0 aliphatic carbocycles. The summed E-state index contributed by atoms with van der Waals surface area (Å²) in [6.07, 6.45) is 0.00174. The standard InChI is InChI=1S/C19H22FNO4S/c1-19(2,3)25-18(24)21-7-6-12(14(9-21)17(22)23)15-10-26-16-5-4-11(20)8-13(15)16/h4-5,8,10,12,14H,6-7,9H2,1-3H3,(H,22,23)/t12-,14-/m0/s1. The highest BCUT2D eigenvalue weighted by Gasteiger charge is 2.39. The van der Waals surface area contributed by atoms with Crippen molar-refractivity contribution in [3.63, 3.8) is 0 Å². The third-order valence-corrected chi connectivity index (χ3v) is 5.53. The quantitative estimate of drug-likeness (QED) is 0.836. The first-order valence-electron chi connectivity index (χ1n) is 8.53. The number of fused-ring (bicyclic) bond motifs is 1. The number of carboxylic acids is 1. The molecule has 1 aromatic carbocycles. The molecule has 2 aromatic rings. The predicted octanol–water partition coefficient (Wildman–Crippen LogP) is 4.47. The number of aliphatic carboxylic acids is 1. The summed E-state index contributed by atoms with van der Waals surface area (Å²) < 4.78 is 20.0. The van der Waals surface area contributed by atoms with Gasteiger partial charge in [0.1, 0.15) is 11.4 Å². The van der Waals surface area contributed by atoms with Crippen LogP contribution in [0.1, 0.15) is 38.7 Å². The van der Waals surface area contributed by atoms with Gasteiger partial charge in [-0.05, 0) is 61.7 Å². The van der Waals surface area contributed by atoms with Crippen LogP contribution in [0.3, 0.4) is 0 Å². The molecule has 1 aliphatic rings. The van der Waals surface area contributed by atoms with Gasteiger partial charge in [0.2, 0.25) is 0 Å². The van der Waals surface area contributed by atoms with Crippen LogP contribution in [0, 0.1) is 11.7 Å². The van der Waals surface area contributed by atoms with Crippen molar-refractivity contribution in [1.82, 2.24) is 4.90 Å². The number of hydrogen-bond donors (Lipinski definition) is 1. The lowest BCUT2D eigenvalue weighted by atomic mass is 9.80. The number of carbonyl (C=O) groups is 2. The number of amides is 1. The third kappa shape index (κ3) is 3.82. The van der Waals surface area contributed by atoms with E-state index in [2.05, 4.69) is 0 Å². The summed E-state index contributed by atoms with van der Waals surface area (Å²) in [5.41, 5.74) is 0.217. The second kappa shape index (κ2) is 6.87. The zero-order valence-electron chi connectivity index (χ0n) is 15.0. The van der Waals surface area contributed by atoms with E-state index in [1.165, 1.54) is 28.4 Å². The number of likely N-dealkylation sites (tertiary alicyclic amines) is 1. The zero-order chi connectivity index (χ0) is 19.1. The number of halogens is 1. The Balaban J connectivity index is 1.86. The van der Waals surface area contributed by atoms with E-state index in [1.807, 2.05) is 5.38 Å². The molecule has 0 unspecified atom stereocenters. The monoisotopic (exact) mass is 379 g/mol. The molecule has 0 spiro atoms. The van der Waals surface area contributed by atoms with Gasteiger partial charge in [0, 0.05) is 23.7 Å². The molecule has 5 nitrogen and oxygen atoms in total. The Hall–Kier alpha value is -2.15. The maximum absolute atomic E-state index is 13.7. The molecular weight excluding hydrogens is 357 g/mol. The summed E-state index contributed by atoms with van der Waals surface area (Å²) in [7, 11) is 0. The molecule has 2 heterocycles. The molecule has 0 saturated carbocycles. The van der Waals surface area contributed by atoms with Crippen molar-refractivity contribution in [2.24, 2.45) is 5.92 Å². The summed E-state index contributed by atoms with van der Waals surface area (Å²) in [5.74, 6) is -2.31. The molecule has 1 aromatic heterocycles. The van der Waals surface area contributed by atoms with E-state index in [-0.39, 0.29) is 18.3 Å². The molecule has 7 heteroatoms. The predicted molar refractivity (Wildman–Crippen MR) is 98.1 cm³/mol. The van der Waals surface area contributed by atoms with Crippen LogP contribution in [-0.2, 0) is 9.53 Å². The molecule has 2 atom stereocenters. The second-order valence-electron chi connectivity index (χ2n) is 7.60. The molecule has 3 rings (SSSR count). The van der Waals surface area contributed by atoms with Gasteiger partial charge in [0.25, 0.3) is 0 Å². The van der Waals surface area contributed by atoms with Crippen LogP contribution < -0.4 is 0 Å². The maximum Gasteiger partial charge on any atom is 0.410 e. The fraction of sp³-hybridized carbons (Fsp3) is 0.474. The first-order valence-corrected chi connectivity index (χ1v) is 9.41. The van der Waals surface area contributed by atoms with Gasteiger partial charge in [-0.25, -0.2) is 9.18 Å². The van der Waals surface area contributed by atoms with Gasteiger partial charge < -0.3 is 14.7 Å². The summed E-state index contributed by atoms with van der Waals surface area (Å²) >= 11 is 1.48. The lowest BCUT2D eigenvalue weighted by Gasteiger charge is -2.37. The number of nitrogens with zero attached hydrogens (tertiary/aromatic N) is 1. The average Bonchev–Trinajstić information content (AvgIpc) is 2.95. The molecular formula is C19H22FNO4S. The Labute approximate surface area is 155 Å². The average molecular weight is 379 g/mol. The van der Waals surface area contributed by atoms with Crippen LogP contribution in [0.5, 0.6) is 0 Å². The number of piperidine rings is 1. The molecule has 0 bridgehead atoms. The van der Waals surface area contributed by atoms with Crippen molar-refractivity contribution in [1.29, 1.82) is 0 Å². The van der Waals surface area contributed by atoms with Gasteiger partial charge in [-0.15, -0.1) is 11.3 Å². The Morgan fingerprint density at radius 2 is 2.08 bits per heavy atom. The normalized spacial score (nSPS) is 21.0. The maximum atomic E-state index is 13.7. The smallest absolute Gasteiger partial charge is 0.410 e. The summed E-state index contributed by atoms with van der Waals surface area (Å²) in [4.78, 5) is 25.6. The highest BCUT2D eigenvalue weighted by atomic mass is 32.1. The number of carboxylic acid groups (broad SMARTS) is 1. The van der Waals surface area contributed by atoms with E-state index in [0.29, 0.717) is 13.0 Å². The minimum atomic E-state index is -0.959. The number of thiophene rings is 1. The van der Waals surface area contributed by atoms with Gasteiger partial charge in [-0.2, -0.15) is 0 Å². The molecule has 1 amide bonds. The van der Waals surface area contributed by atoms with E-state index in [1.54, 1.807) is 26.8 Å². The number of ether oxygens (including phenoxy) is 1. The minimum Gasteiger partial charge on any atom is -0.481 e. The number of carbonyl (C=O) groups excluding carboxylic acids is 1. The fourth-order valence-corrected chi connectivity index (χ4v) is 4.38. The summed E-state index contributed by atoms with van der Waals surface area (Å²) in [6.45, 7) is 5.83. The minimum absolute atomic E-state index is 0.0849. The second-order valence-corrected chi connectivity index (χ2v) is 8.51. The lowest BCUT2D eigenvalue weighted by Crippen LogP contribution is -2.47. The highest BCUT2D eigenvalue weighted by molar-refractivity contribution is 7.17. The van der Waals surface area contributed by atoms with Gasteiger partial charge in [-0.1, -0.05) is 0 Å². The van der Waals surface area contributed by atoms with Crippen molar-refractivity contribution in [2.45, 2.75) is 38.7 Å². The first-order chi connectivity index (χ1) is 12.2. The molecule has 26 heavy (non-hydrogen) atoms. The van der Waals surface area contributed by atoms with Crippen molar-refractivity contribution < 1.29 is 23.8 Å². The number of hydrogen-bond acceptors (Lipinski definition) is 4. The molecule has 140 valence electrons. The first kappa shape index (κ1) is 18.6. The van der Waals surface area contributed by atoms with Gasteiger partial charge >= 0.3 is 12.1 Å². The lowest BCUT2D eigenvalue weighted by molar-refractivity contribution is -0.144. The molecule has 1 aliphatic heterocycles. The van der Waals surface area contributed by atoms with E-state index in [9.17, 15) is 19.1 Å². The summed E-state index contributed by atoms with van der Waals surface area (Å²) in [5, 5.41) is 12.4. The van der Waals surface area contributed by atoms with E-state index in [4.69, 9.17) is 4.74 Å². The van der Waals surface area contributed by atoms with Crippen LogP contribution in [0.15, 0.2) is 23.6 Å². The van der Waals surface area contributed by atoms with Crippen LogP contribution in [0.25, 0.3) is 10.1 Å². The fourth-order valence-electron chi connectivity index (χ4n) is 3.37. The Kier molecular flexibility index (Phi) is 4.92. The van der Waals surface area contributed by atoms with Crippen LogP contribution in [0.4, 0.5) is 9.18 Å². The van der Waals surface area contributed by atoms with Crippen molar-refractivity contribution in [3.05, 3.63) is 35.0 Å². The highest BCUT2D eigenvalue weighted by Crippen LogP contribution is 2.40. The Morgan fingerprint density at radius 3 is 2.73 bits per heavy atom. The van der Waals surface area contributed by atoms with Gasteiger partial charge in [0.15, 0.2) is 0 Å². The number of benzene rings is 1. The zero-order valence-corrected chi connectivity index (χ0v) is 15.8.